The fraction of sp³-hybridized carbons (Fsp3) is 0.385. The van der Waals surface area contributed by atoms with Crippen LogP contribution < -0.4 is 5.32 Å². The Morgan fingerprint density at radius 3 is 2.95 bits per heavy atom. The Morgan fingerprint density at radius 1 is 1.52 bits per heavy atom. The molecule has 0 aliphatic carbocycles. The van der Waals surface area contributed by atoms with Gasteiger partial charge in [0, 0.05) is 5.02 Å². The maximum absolute atomic E-state index is 13.0. The topological polar surface area (TPSA) is 83.6 Å². The highest BCUT2D eigenvalue weighted by Gasteiger charge is 2.18. The molecule has 0 saturated carbocycles. The summed E-state index contributed by atoms with van der Waals surface area (Å²) in [7, 11) is 0. The summed E-state index contributed by atoms with van der Waals surface area (Å²) >= 11 is 5.91. The van der Waals surface area contributed by atoms with Crippen LogP contribution in [0.2, 0.25) is 5.02 Å². The first kappa shape index (κ1) is 15.4. The minimum atomic E-state index is -0.431. The third kappa shape index (κ3) is 4.22. The molecule has 2 N–H and O–H groups in total. The number of amides is 1. The van der Waals surface area contributed by atoms with Crippen molar-refractivity contribution in [2.45, 2.75) is 32.2 Å². The highest BCUT2D eigenvalue weighted by atomic mass is 35.5. The molecule has 1 heterocycles. The first-order valence-electron chi connectivity index (χ1n) is 6.56. The summed E-state index contributed by atoms with van der Waals surface area (Å²) < 4.78 is 13.0. The van der Waals surface area contributed by atoms with Crippen LogP contribution in [0.5, 0.6) is 0 Å². The van der Waals surface area contributed by atoms with Crippen molar-refractivity contribution < 1.29 is 9.18 Å². The summed E-state index contributed by atoms with van der Waals surface area (Å²) in [6.07, 6.45) is 1.62. The van der Waals surface area contributed by atoms with Crippen molar-refractivity contribution in [2.75, 3.05) is 0 Å². The second kappa shape index (κ2) is 7.12. The number of carbonyl (C=O) groups excluding carboxylic acids is 1. The van der Waals surface area contributed by atoms with E-state index in [4.69, 9.17) is 11.6 Å². The van der Waals surface area contributed by atoms with Crippen LogP contribution >= 0.6 is 11.6 Å². The monoisotopic (exact) mass is 311 g/mol. The number of tetrazole rings is 1. The smallest absolute Gasteiger partial charge is 0.225 e. The molecular formula is C13H15ClFN5O. The molecule has 2 aromatic rings. The van der Waals surface area contributed by atoms with Gasteiger partial charge in [-0.3, -0.25) is 4.79 Å². The van der Waals surface area contributed by atoms with E-state index in [1.807, 2.05) is 6.92 Å². The number of nitrogens with one attached hydrogen (secondary N) is 2. The minimum Gasteiger partial charge on any atom is -0.346 e. The lowest BCUT2D eigenvalue weighted by atomic mass is 10.1. The normalized spacial score (nSPS) is 12.1. The SMILES string of the molecule is CCCC(NC(=O)Cc1ccc(F)cc1Cl)c1nn[nH]n1. The molecule has 0 saturated heterocycles. The average Bonchev–Trinajstić information content (AvgIpc) is 2.95. The number of aromatic nitrogens is 4. The molecule has 112 valence electrons. The third-order valence-corrected chi connectivity index (χ3v) is 3.30. The lowest BCUT2D eigenvalue weighted by molar-refractivity contribution is -0.121. The van der Waals surface area contributed by atoms with E-state index in [1.165, 1.54) is 18.2 Å². The Labute approximate surface area is 126 Å². The molecular weight excluding hydrogens is 297 g/mol. The second-order valence-electron chi connectivity index (χ2n) is 4.59. The fourth-order valence-electron chi connectivity index (χ4n) is 1.96. The molecule has 0 radical (unpaired) electrons. The first-order valence-corrected chi connectivity index (χ1v) is 6.94. The van der Waals surface area contributed by atoms with Gasteiger partial charge in [-0.25, -0.2) is 4.39 Å². The number of aromatic amines is 1. The molecule has 0 aliphatic rings. The highest BCUT2D eigenvalue weighted by molar-refractivity contribution is 6.31. The molecule has 6 nitrogen and oxygen atoms in total. The van der Waals surface area contributed by atoms with Crippen molar-refractivity contribution in [2.24, 2.45) is 0 Å². The van der Waals surface area contributed by atoms with Crippen molar-refractivity contribution in [3.05, 3.63) is 40.4 Å². The van der Waals surface area contributed by atoms with Crippen LogP contribution in [0.25, 0.3) is 0 Å². The Bertz CT molecular complexity index is 605. The predicted molar refractivity (Wildman–Crippen MR) is 75.1 cm³/mol. The molecule has 0 fully saturated rings. The number of carbonyl (C=O) groups is 1. The van der Waals surface area contributed by atoms with Crippen LogP contribution in [0, 0.1) is 5.82 Å². The molecule has 0 aliphatic heterocycles. The Balaban J connectivity index is 2.02. The van der Waals surface area contributed by atoms with Crippen LogP contribution in [-0.4, -0.2) is 26.5 Å². The molecule has 8 heteroatoms. The van der Waals surface area contributed by atoms with Gasteiger partial charge in [-0.15, -0.1) is 10.2 Å². The van der Waals surface area contributed by atoms with Crippen molar-refractivity contribution in [1.82, 2.24) is 25.9 Å². The van der Waals surface area contributed by atoms with Crippen LogP contribution in [0.3, 0.4) is 0 Å². The van der Waals surface area contributed by atoms with E-state index in [0.29, 0.717) is 17.8 Å². The number of benzene rings is 1. The number of nitrogens with zero attached hydrogens (tertiary/aromatic N) is 3. The van der Waals surface area contributed by atoms with Gasteiger partial charge in [-0.2, -0.15) is 5.21 Å². The molecule has 1 unspecified atom stereocenters. The van der Waals surface area contributed by atoms with E-state index in [0.717, 1.165) is 6.42 Å². The third-order valence-electron chi connectivity index (χ3n) is 2.95. The van der Waals surface area contributed by atoms with E-state index < -0.39 is 5.82 Å². The van der Waals surface area contributed by atoms with E-state index in [-0.39, 0.29) is 23.4 Å². The molecule has 1 aromatic carbocycles. The Hall–Kier alpha value is -2.02. The number of halogens is 2. The summed E-state index contributed by atoms with van der Waals surface area (Å²) in [5, 5.41) is 16.7. The van der Waals surface area contributed by atoms with Crippen LogP contribution in [0.1, 0.15) is 37.2 Å². The predicted octanol–water partition coefficient (Wildman–Crippen LogP) is 2.19. The number of hydrogen-bond donors (Lipinski definition) is 2. The minimum absolute atomic E-state index is 0.0666. The number of hydrogen-bond acceptors (Lipinski definition) is 4. The van der Waals surface area contributed by atoms with E-state index >= 15 is 0 Å². The van der Waals surface area contributed by atoms with E-state index in [1.54, 1.807) is 0 Å². The second-order valence-corrected chi connectivity index (χ2v) is 5.00. The number of H-pyrrole nitrogens is 1. The van der Waals surface area contributed by atoms with Gasteiger partial charge >= 0.3 is 0 Å². The highest BCUT2D eigenvalue weighted by Crippen LogP contribution is 2.19. The fourth-order valence-corrected chi connectivity index (χ4v) is 2.19. The Morgan fingerprint density at radius 2 is 2.33 bits per heavy atom. The van der Waals surface area contributed by atoms with E-state index in [2.05, 4.69) is 25.9 Å². The van der Waals surface area contributed by atoms with Crippen molar-refractivity contribution in [3.8, 4) is 0 Å². The zero-order valence-electron chi connectivity index (χ0n) is 11.4. The van der Waals surface area contributed by atoms with Crippen molar-refractivity contribution >= 4 is 17.5 Å². The number of rotatable bonds is 6. The first-order chi connectivity index (χ1) is 10.1. The molecule has 0 bridgehead atoms. The zero-order chi connectivity index (χ0) is 15.2. The summed E-state index contributed by atoms with van der Waals surface area (Å²) in [4.78, 5) is 12.1. The standard InChI is InChI=1S/C13H15ClFN5O/c1-2-3-11(13-17-19-20-18-13)16-12(21)6-8-4-5-9(15)7-10(8)14/h4-5,7,11H,2-3,6H2,1H3,(H,16,21)(H,17,18,19,20). The van der Waals surface area contributed by atoms with Gasteiger partial charge in [-0.1, -0.05) is 36.2 Å². The zero-order valence-corrected chi connectivity index (χ0v) is 12.2. The summed E-state index contributed by atoms with van der Waals surface area (Å²) in [6.45, 7) is 2.00. The van der Waals surface area contributed by atoms with Gasteiger partial charge in [0.1, 0.15) is 5.82 Å². The van der Waals surface area contributed by atoms with Gasteiger partial charge in [0.25, 0.3) is 0 Å². The van der Waals surface area contributed by atoms with Crippen molar-refractivity contribution in [1.29, 1.82) is 0 Å². The quantitative estimate of drug-likeness (QED) is 0.856. The molecule has 0 spiro atoms. The largest absolute Gasteiger partial charge is 0.346 e. The molecule has 21 heavy (non-hydrogen) atoms. The van der Waals surface area contributed by atoms with Crippen molar-refractivity contribution in [3.63, 3.8) is 0 Å². The lowest BCUT2D eigenvalue weighted by Crippen LogP contribution is -2.30. The Kier molecular flexibility index (Phi) is 5.21. The van der Waals surface area contributed by atoms with Crippen LogP contribution in [0.15, 0.2) is 18.2 Å². The molecule has 1 amide bonds. The molecule has 2 rings (SSSR count). The average molecular weight is 312 g/mol. The maximum atomic E-state index is 13.0. The summed E-state index contributed by atoms with van der Waals surface area (Å²) in [6, 6.07) is 3.66. The van der Waals surface area contributed by atoms with Gasteiger partial charge in [0.05, 0.1) is 12.5 Å². The van der Waals surface area contributed by atoms with Gasteiger partial charge in [-0.05, 0) is 24.1 Å². The maximum Gasteiger partial charge on any atom is 0.225 e. The molecule has 1 atom stereocenters. The van der Waals surface area contributed by atoms with Gasteiger partial charge in [0.15, 0.2) is 5.82 Å². The summed E-state index contributed by atoms with van der Waals surface area (Å²) in [5.74, 6) is -0.220. The van der Waals surface area contributed by atoms with Crippen LogP contribution in [-0.2, 0) is 11.2 Å². The summed E-state index contributed by atoms with van der Waals surface area (Å²) in [5.41, 5.74) is 0.568. The lowest BCUT2D eigenvalue weighted by Gasteiger charge is -2.14. The van der Waals surface area contributed by atoms with Crippen LogP contribution in [0.4, 0.5) is 4.39 Å². The van der Waals surface area contributed by atoms with Gasteiger partial charge < -0.3 is 5.32 Å². The van der Waals surface area contributed by atoms with E-state index in [9.17, 15) is 9.18 Å². The van der Waals surface area contributed by atoms with Gasteiger partial charge in [0.2, 0.25) is 5.91 Å². The molecule has 1 aromatic heterocycles.